The van der Waals surface area contributed by atoms with Gasteiger partial charge in [-0.05, 0) is 100 Å². The molecule has 0 saturated carbocycles. The molecule has 0 atom stereocenters. The summed E-state index contributed by atoms with van der Waals surface area (Å²) in [6.07, 6.45) is 1.13. The summed E-state index contributed by atoms with van der Waals surface area (Å²) in [7, 11) is 0. The number of non-ortho nitro benzene ring substituents is 1. The molecule has 1 N–H and O–H groups in total. The van der Waals surface area contributed by atoms with Crippen molar-refractivity contribution in [1.29, 1.82) is 0 Å². The number of amides is 1. The monoisotopic (exact) mass is 666 g/mol. The number of furan rings is 1. The van der Waals surface area contributed by atoms with Crippen LogP contribution in [-0.4, -0.2) is 40.8 Å². The highest BCUT2D eigenvalue weighted by molar-refractivity contribution is 5.95. The molecule has 0 bridgehead atoms. The number of carbonyl (C=O) groups excluding carboxylic acids is 2. The van der Waals surface area contributed by atoms with Crippen molar-refractivity contribution in [2.75, 3.05) is 13.2 Å². The van der Waals surface area contributed by atoms with E-state index < -0.39 is 16.8 Å². The van der Waals surface area contributed by atoms with Gasteiger partial charge in [-0.25, -0.2) is 10.2 Å². The zero-order chi connectivity index (χ0) is 34.9. The van der Waals surface area contributed by atoms with Crippen LogP contribution >= 0.6 is 0 Å². The van der Waals surface area contributed by atoms with Crippen LogP contribution in [0, 0.1) is 24.0 Å². The van der Waals surface area contributed by atoms with E-state index in [9.17, 15) is 19.7 Å². The summed E-state index contributed by atoms with van der Waals surface area (Å²) in [6, 6.07) is 23.0. The Morgan fingerprint density at radius 1 is 0.857 bits per heavy atom. The van der Waals surface area contributed by atoms with Gasteiger partial charge in [0.1, 0.15) is 23.9 Å². The Morgan fingerprint density at radius 2 is 1.55 bits per heavy atom. The SMILES string of the molecule is CCOc1ccc(C(=O)Oc2ccc([N+](=O)[O-])cc2/C=N/NC(=O)c2ccc(COc3ccc(-n4c(C)ccc4C)cc3)o2)cc1OCC. The van der Waals surface area contributed by atoms with Gasteiger partial charge in [0.25, 0.3) is 5.69 Å². The molecule has 0 aliphatic rings. The van der Waals surface area contributed by atoms with Gasteiger partial charge >= 0.3 is 11.9 Å². The zero-order valence-corrected chi connectivity index (χ0v) is 27.3. The van der Waals surface area contributed by atoms with Gasteiger partial charge in [-0.15, -0.1) is 0 Å². The van der Waals surface area contributed by atoms with Crippen molar-refractivity contribution in [2.24, 2.45) is 5.10 Å². The molecule has 49 heavy (non-hydrogen) atoms. The van der Waals surface area contributed by atoms with Crippen LogP contribution in [0.15, 0.2) is 94.4 Å². The van der Waals surface area contributed by atoms with Crippen LogP contribution in [-0.2, 0) is 6.61 Å². The molecule has 0 saturated heterocycles. The lowest BCUT2D eigenvalue weighted by atomic mass is 10.1. The third kappa shape index (κ3) is 8.32. The Labute approximate surface area is 281 Å². The highest BCUT2D eigenvalue weighted by Gasteiger charge is 2.18. The lowest BCUT2D eigenvalue weighted by Crippen LogP contribution is -2.17. The molecule has 13 nitrogen and oxygen atoms in total. The van der Waals surface area contributed by atoms with E-state index in [1.165, 1.54) is 30.3 Å². The van der Waals surface area contributed by atoms with E-state index in [-0.39, 0.29) is 34.9 Å². The van der Waals surface area contributed by atoms with Crippen molar-refractivity contribution in [3.63, 3.8) is 0 Å². The molecule has 3 aromatic carbocycles. The molecule has 0 unspecified atom stereocenters. The van der Waals surface area contributed by atoms with E-state index in [0.717, 1.165) is 29.4 Å². The smallest absolute Gasteiger partial charge is 0.343 e. The molecule has 0 spiro atoms. The highest BCUT2D eigenvalue weighted by atomic mass is 16.6. The number of rotatable bonds is 14. The van der Waals surface area contributed by atoms with E-state index in [0.29, 0.717) is 36.2 Å². The van der Waals surface area contributed by atoms with Crippen LogP contribution in [0.1, 0.15) is 57.5 Å². The first-order chi connectivity index (χ1) is 23.7. The van der Waals surface area contributed by atoms with Gasteiger partial charge in [0.2, 0.25) is 0 Å². The predicted molar refractivity (Wildman–Crippen MR) is 180 cm³/mol. The minimum Gasteiger partial charge on any atom is -0.490 e. The first-order valence-corrected chi connectivity index (χ1v) is 15.4. The summed E-state index contributed by atoms with van der Waals surface area (Å²) in [5.74, 6) is 0.399. The summed E-state index contributed by atoms with van der Waals surface area (Å²) in [5, 5.41) is 15.3. The Morgan fingerprint density at radius 3 is 2.24 bits per heavy atom. The number of aryl methyl sites for hydroxylation is 2. The maximum atomic E-state index is 13.0. The van der Waals surface area contributed by atoms with Crippen LogP contribution < -0.4 is 24.4 Å². The molecule has 0 aliphatic heterocycles. The number of hydrogen-bond donors (Lipinski definition) is 1. The van der Waals surface area contributed by atoms with Crippen LogP contribution in [0.4, 0.5) is 5.69 Å². The average molecular weight is 667 g/mol. The van der Waals surface area contributed by atoms with Gasteiger partial charge in [0.15, 0.2) is 17.3 Å². The average Bonchev–Trinajstić information content (AvgIpc) is 3.71. The number of hydrogen-bond acceptors (Lipinski definition) is 10. The number of ether oxygens (including phenoxy) is 4. The zero-order valence-electron chi connectivity index (χ0n) is 27.3. The molecule has 5 rings (SSSR count). The lowest BCUT2D eigenvalue weighted by Gasteiger charge is -2.12. The summed E-state index contributed by atoms with van der Waals surface area (Å²) >= 11 is 0. The van der Waals surface area contributed by atoms with E-state index in [1.54, 1.807) is 19.1 Å². The fourth-order valence-electron chi connectivity index (χ4n) is 4.89. The molecule has 2 aromatic heterocycles. The van der Waals surface area contributed by atoms with Crippen molar-refractivity contribution in [1.82, 2.24) is 9.99 Å². The molecule has 0 aliphatic carbocycles. The lowest BCUT2D eigenvalue weighted by molar-refractivity contribution is -0.384. The first-order valence-electron chi connectivity index (χ1n) is 15.4. The summed E-state index contributed by atoms with van der Waals surface area (Å²) in [4.78, 5) is 36.6. The Bertz CT molecular complexity index is 1970. The molecule has 252 valence electrons. The number of nitro groups is 1. The summed E-state index contributed by atoms with van der Waals surface area (Å²) in [5.41, 5.74) is 5.55. The van der Waals surface area contributed by atoms with E-state index in [4.69, 9.17) is 23.4 Å². The Balaban J connectivity index is 1.22. The van der Waals surface area contributed by atoms with Gasteiger partial charge in [0.05, 0.1) is 29.9 Å². The fraction of sp³-hybridized carbons (Fsp3) is 0.194. The van der Waals surface area contributed by atoms with Gasteiger partial charge in [-0.1, -0.05) is 0 Å². The second-order valence-electron chi connectivity index (χ2n) is 10.6. The second kappa shape index (κ2) is 15.5. The summed E-state index contributed by atoms with van der Waals surface area (Å²) < 4.78 is 30.2. The van der Waals surface area contributed by atoms with Crippen molar-refractivity contribution in [3.05, 3.63) is 129 Å². The largest absolute Gasteiger partial charge is 0.490 e. The Kier molecular flexibility index (Phi) is 10.7. The number of aromatic nitrogens is 1. The van der Waals surface area contributed by atoms with Crippen molar-refractivity contribution >= 4 is 23.8 Å². The van der Waals surface area contributed by atoms with Gasteiger partial charge in [-0.2, -0.15) is 5.10 Å². The minimum absolute atomic E-state index is 0.0236. The van der Waals surface area contributed by atoms with Crippen LogP contribution in [0.2, 0.25) is 0 Å². The maximum Gasteiger partial charge on any atom is 0.343 e. The molecule has 0 radical (unpaired) electrons. The van der Waals surface area contributed by atoms with Crippen LogP contribution in [0.5, 0.6) is 23.0 Å². The number of carbonyl (C=O) groups is 2. The third-order valence-corrected chi connectivity index (χ3v) is 7.19. The molecule has 2 heterocycles. The molecule has 13 heteroatoms. The normalized spacial score (nSPS) is 10.9. The maximum absolute atomic E-state index is 13.0. The number of nitrogens with zero attached hydrogens (tertiary/aromatic N) is 3. The van der Waals surface area contributed by atoms with Gasteiger partial charge in [0, 0.05) is 34.8 Å². The molecule has 1 amide bonds. The van der Waals surface area contributed by atoms with Crippen LogP contribution in [0.25, 0.3) is 5.69 Å². The number of benzene rings is 3. The molecular weight excluding hydrogens is 632 g/mol. The van der Waals surface area contributed by atoms with E-state index >= 15 is 0 Å². The Hall–Kier alpha value is -6.37. The van der Waals surface area contributed by atoms with Gasteiger partial charge in [-0.3, -0.25) is 14.9 Å². The van der Waals surface area contributed by atoms with Crippen molar-refractivity contribution in [2.45, 2.75) is 34.3 Å². The number of nitro benzene ring substituents is 1. The quantitative estimate of drug-likeness (QED) is 0.0435. The molecular formula is C36H34N4O9. The van der Waals surface area contributed by atoms with Gasteiger partial charge < -0.3 is 27.9 Å². The van der Waals surface area contributed by atoms with E-state index in [2.05, 4.69) is 27.2 Å². The molecule has 0 fully saturated rings. The molecule has 5 aromatic rings. The van der Waals surface area contributed by atoms with Crippen molar-refractivity contribution in [3.8, 4) is 28.7 Å². The number of esters is 1. The van der Waals surface area contributed by atoms with Crippen LogP contribution in [0.3, 0.4) is 0 Å². The fourth-order valence-corrected chi connectivity index (χ4v) is 4.89. The minimum atomic E-state index is -0.746. The standard InChI is InChI=1S/C36H34N4O9/c1-5-45-32-16-9-25(20-34(32)46-6-2)36(42)49-31-17-12-28(40(43)44)19-26(31)21-37-38-35(41)33-18-15-30(48-33)22-47-29-13-10-27(11-14-29)39-23(3)7-8-24(39)4/h7-21H,5-6,22H2,1-4H3,(H,38,41)/b37-21+. The highest BCUT2D eigenvalue weighted by Crippen LogP contribution is 2.30. The number of hydrazone groups is 1. The van der Waals surface area contributed by atoms with Crippen molar-refractivity contribution < 1.29 is 37.9 Å². The topological polar surface area (TPSA) is 157 Å². The van der Waals surface area contributed by atoms with E-state index in [1.807, 2.05) is 45.0 Å². The number of nitrogens with one attached hydrogen (secondary N) is 1. The predicted octanol–water partition coefficient (Wildman–Crippen LogP) is 6.95. The summed E-state index contributed by atoms with van der Waals surface area (Å²) in [6.45, 7) is 8.55. The second-order valence-corrected chi connectivity index (χ2v) is 10.6. The third-order valence-electron chi connectivity index (χ3n) is 7.19. The first kappa shape index (κ1) is 34.0.